The van der Waals surface area contributed by atoms with E-state index in [0.29, 0.717) is 0 Å². The predicted molar refractivity (Wildman–Crippen MR) is 50.5 cm³/mol. The number of hydrogen-bond donors (Lipinski definition) is 0. The topological polar surface area (TPSA) is 63.7 Å². The zero-order chi connectivity index (χ0) is 10.7. The van der Waals surface area contributed by atoms with Crippen molar-refractivity contribution in [1.82, 2.24) is 4.90 Å². The average Bonchev–Trinajstić information content (AvgIpc) is 2.33. The summed E-state index contributed by atoms with van der Waals surface area (Å²) < 4.78 is 16.0. The molecule has 0 aliphatic carbocycles. The molecule has 0 N–H and O–H groups in total. The van der Waals surface area contributed by atoms with Crippen LogP contribution >= 0.6 is 0 Å². The maximum absolute atomic E-state index is 11.3. The van der Waals surface area contributed by atoms with Crippen molar-refractivity contribution in [3.8, 4) is 0 Å². The van der Waals surface area contributed by atoms with Gasteiger partial charge in [0, 0.05) is 7.05 Å². The van der Waals surface area contributed by atoms with E-state index in [1.54, 1.807) is 6.92 Å². The Morgan fingerprint density at radius 3 is 2.79 bits per heavy atom. The van der Waals surface area contributed by atoms with Crippen LogP contribution in [-0.2, 0) is 25.1 Å². The number of hydrogen-bond acceptors (Lipinski definition) is 4. The highest BCUT2D eigenvalue weighted by Crippen LogP contribution is 2.16. The Labute approximate surface area is 84.2 Å². The highest BCUT2D eigenvalue weighted by molar-refractivity contribution is 7.90. The SMILES string of the molecule is CCOC(=O)/C=C1/N(C)C(=O)C[S@]1=O. The molecule has 1 fully saturated rings. The Kier molecular flexibility index (Phi) is 3.40. The van der Waals surface area contributed by atoms with Gasteiger partial charge < -0.3 is 9.64 Å². The summed E-state index contributed by atoms with van der Waals surface area (Å²) in [4.78, 5) is 23.3. The second-order valence-electron chi connectivity index (χ2n) is 2.68. The van der Waals surface area contributed by atoms with E-state index in [0.717, 1.165) is 6.08 Å². The van der Waals surface area contributed by atoms with E-state index in [9.17, 15) is 13.8 Å². The van der Waals surface area contributed by atoms with Crippen LogP contribution in [0.3, 0.4) is 0 Å². The third kappa shape index (κ3) is 2.20. The maximum atomic E-state index is 11.3. The molecule has 0 spiro atoms. The van der Waals surface area contributed by atoms with Crippen LogP contribution in [0.5, 0.6) is 0 Å². The lowest BCUT2D eigenvalue weighted by Gasteiger charge is -2.07. The predicted octanol–water partition coefficient (Wildman–Crippen LogP) is -0.388. The van der Waals surface area contributed by atoms with Gasteiger partial charge in [0.05, 0.1) is 23.5 Å². The van der Waals surface area contributed by atoms with Gasteiger partial charge in [-0.25, -0.2) is 4.79 Å². The summed E-state index contributed by atoms with van der Waals surface area (Å²) in [6.45, 7) is 1.93. The Morgan fingerprint density at radius 1 is 1.71 bits per heavy atom. The molecule has 0 aromatic carbocycles. The number of carbonyl (C=O) groups is 2. The lowest BCUT2D eigenvalue weighted by atomic mass is 10.5. The second-order valence-corrected chi connectivity index (χ2v) is 4.08. The molecule has 0 aromatic heterocycles. The molecular formula is C8H11NO4S. The van der Waals surface area contributed by atoms with E-state index in [4.69, 9.17) is 0 Å². The minimum Gasteiger partial charge on any atom is -0.463 e. The number of esters is 1. The van der Waals surface area contributed by atoms with Crippen molar-refractivity contribution in [3.05, 3.63) is 11.1 Å². The molecule has 1 aliphatic heterocycles. The van der Waals surface area contributed by atoms with Gasteiger partial charge in [-0.2, -0.15) is 0 Å². The summed E-state index contributed by atoms with van der Waals surface area (Å²) in [6.07, 6.45) is 1.10. The van der Waals surface area contributed by atoms with Gasteiger partial charge in [-0.1, -0.05) is 0 Å². The highest BCUT2D eigenvalue weighted by atomic mass is 32.2. The number of rotatable bonds is 2. The number of ether oxygens (including phenoxy) is 1. The lowest BCUT2D eigenvalue weighted by molar-refractivity contribution is -0.137. The molecule has 78 valence electrons. The molecule has 1 amide bonds. The van der Waals surface area contributed by atoms with Crippen molar-refractivity contribution in [2.45, 2.75) is 6.92 Å². The summed E-state index contributed by atoms with van der Waals surface area (Å²) in [5, 5.41) is 0.216. The van der Waals surface area contributed by atoms with Crippen molar-refractivity contribution < 1.29 is 18.5 Å². The monoisotopic (exact) mass is 217 g/mol. The minimum atomic E-state index is -1.41. The van der Waals surface area contributed by atoms with Crippen LogP contribution in [0.1, 0.15) is 6.92 Å². The van der Waals surface area contributed by atoms with Crippen molar-refractivity contribution in [3.63, 3.8) is 0 Å². The van der Waals surface area contributed by atoms with Crippen LogP contribution in [0.4, 0.5) is 0 Å². The zero-order valence-electron chi connectivity index (χ0n) is 7.98. The van der Waals surface area contributed by atoms with Gasteiger partial charge in [0.25, 0.3) is 0 Å². The molecule has 1 rings (SSSR count). The van der Waals surface area contributed by atoms with E-state index in [1.165, 1.54) is 11.9 Å². The average molecular weight is 217 g/mol. The fourth-order valence-corrected chi connectivity index (χ4v) is 2.21. The first-order chi connectivity index (χ1) is 6.56. The van der Waals surface area contributed by atoms with Gasteiger partial charge in [0.2, 0.25) is 5.91 Å². The van der Waals surface area contributed by atoms with Crippen molar-refractivity contribution in [1.29, 1.82) is 0 Å². The van der Waals surface area contributed by atoms with Crippen LogP contribution in [0.15, 0.2) is 11.1 Å². The standard InChI is InChI=1S/C8H11NO4S/c1-3-13-8(11)4-7-9(2)6(10)5-14(7)12/h4H,3,5H2,1-2H3/b7-4-/t14-/m1/s1. The Balaban J connectivity index is 2.81. The molecule has 0 saturated carbocycles. The van der Waals surface area contributed by atoms with E-state index in [2.05, 4.69) is 4.74 Å². The largest absolute Gasteiger partial charge is 0.463 e. The number of carbonyl (C=O) groups excluding carboxylic acids is 2. The van der Waals surface area contributed by atoms with Crippen LogP contribution < -0.4 is 0 Å². The van der Waals surface area contributed by atoms with Gasteiger partial charge in [-0.15, -0.1) is 0 Å². The molecule has 1 aliphatic rings. The number of nitrogens with zero attached hydrogens (tertiary/aromatic N) is 1. The molecular weight excluding hydrogens is 206 g/mol. The molecule has 5 nitrogen and oxygen atoms in total. The third-order valence-electron chi connectivity index (χ3n) is 1.72. The molecule has 0 unspecified atom stereocenters. The normalized spacial score (nSPS) is 24.4. The van der Waals surface area contributed by atoms with E-state index in [1.807, 2.05) is 0 Å². The maximum Gasteiger partial charge on any atom is 0.333 e. The quantitative estimate of drug-likeness (QED) is 0.467. The van der Waals surface area contributed by atoms with Crippen LogP contribution in [0.25, 0.3) is 0 Å². The van der Waals surface area contributed by atoms with Gasteiger partial charge in [-0.3, -0.25) is 9.00 Å². The van der Waals surface area contributed by atoms with Gasteiger partial charge in [-0.05, 0) is 6.92 Å². The molecule has 1 atom stereocenters. The van der Waals surface area contributed by atoms with E-state index >= 15 is 0 Å². The summed E-state index contributed by atoms with van der Waals surface area (Å²) >= 11 is 0. The Morgan fingerprint density at radius 2 is 2.36 bits per heavy atom. The van der Waals surface area contributed by atoms with Crippen LogP contribution in [-0.4, -0.2) is 40.4 Å². The molecule has 14 heavy (non-hydrogen) atoms. The molecule has 1 saturated heterocycles. The first-order valence-electron chi connectivity index (χ1n) is 4.09. The fourth-order valence-electron chi connectivity index (χ4n) is 1.01. The summed E-state index contributed by atoms with van der Waals surface area (Å²) in [7, 11) is 0.0761. The van der Waals surface area contributed by atoms with E-state index in [-0.39, 0.29) is 23.3 Å². The lowest BCUT2D eigenvalue weighted by Crippen LogP contribution is -2.19. The van der Waals surface area contributed by atoms with Crippen molar-refractivity contribution in [2.24, 2.45) is 0 Å². The summed E-state index contributed by atoms with van der Waals surface area (Å²) in [6, 6.07) is 0. The van der Waals surface area contributed by atoms with Gasteiger partial charge >= 0.3 is 5.97 Å². The van der Waals surface area contributed by atoms with Crippen molar-refractivity contribution >= 4 is 22.7 Å². The fraction of sp³-hybridized carbons (Fsp3) is 0.500. The third-order valence-corrected chi connectivity index (χ3v) is 3.09. The Hall–Kier alpha value is -1.17. The molecule has 0 bridgehead atoms. The molecule has 0 aromatic rings. The van der Waals surface area contributed by atoms with Crippen LogP contribution in [0.2, 0.25) is 0 Å². The van der Waals surface area contributed by atoms with Gasteiger partial charge in [0.15, 0.2) is 0 Å². The minimum absolute atomic E-state index is 0.0538. The number of amides is 1. The Bertz CT molecular complexity index is 323. The molecule has 6 heteroatoms. The smallest absolute Gasteiger partial charge is 0.333 e. The second kappa shape index (κ2) is 4.36. The molecule has 0 radical (unpaired) electrons. The molecule has 1 heterocycles. The zero-order valence-corrected chi connectivity index (χ0v) is 8.80. The van der Waals surface area contributed by atoms with Gasteiger partial charge in [0.1, 0.15) is 10.8 Å². The summed E-state index contributed by atoms with van der Waals surface area (Å²) in [5.41, 5.74) is 0. The van der Waals surface area contributed by atoms with Crippen molar-refractivity contribution in [2.75, 3.05) is 19.4 Å². The first-order valence-corrected chi connectivity index (χ1v) is 5.41. The summed E-state index contributed by atoms with van der Waals surface area (Å²) in [5.74, 6) is -0.877. The highest BCUT2D eigenvalue weighted by Gasteiger charge is 2.29. The first kappa shape index (κ1) is 10.9. The van der Waals surface area contributed by atoms with Crippen LogP contribution in [0, 0.1) is 0 Å². The van der Waals surface area contributed by atoms with E-state index < -0.39 is 16.8 Å².